The minimum Gasteiger partial charge on any atom is -0.309 e. The van der Waals surface area contributed by atoms with E-state index in [1.165, 1.54) is 55.2 Å². The van der Waals surface area contributed by atoms with E-state index in [-0.39, 0.29) is 5.41 Å². The maximum absolute atomic E-state index is 5.11. The molecular formula is C52H36N4. The van der Waals surface area contributed by atoms with Crippen molar-refractivity contribution in [2.24, 2.45) is 0 Å². The first-order valence-corrected chi connectivity index (χ1v) is 19.2. The lowest BCUT2D eigenvalue weighted by atomic mass is 9.82. The molecule has 4 heterocycles. The van der Waals surface area contributed by atoms with E-state index in [0.717, 1.165) is 50.2 Å². The van der Waals surface area contributed by atoms with Crippen molar-refractivity contribution in [3.63, 3.8) is 0 Å². The van der Waals surface area contributed by atoms with Gasteiger partial charge in [0.15, 0.2) is 0 Å². The van der Waals surface area contributed by atoms with Crippen LogP contribution in [0.1, 0.15) is 25.0 Å². The molecule has 0 N–H and O–H groups in total. The smallest absolute Gasteiger partial charge is 0.0899 e. The molecule has 264 valence electrons. The van der Waals surface area contributed by atoms with E-state index in [0.29, 0.717) is 0 Å². The number of nitrogens with zero attached hydrogens (tertiary/aromatic N) is 4. The van der Waals surface area contributed by atoms with Crippen molar-refractivity contribution < 1.29 is 0 Å². The molecule has 4 nitrogen and oxygen atoms in total. The van der Waals surface area contributed by atoms with Crippen LogP contribution in [0, 0.1) is 0 Å². The minimum absolute atomic E-state index is 0.0736. The zero-order valence-electron chi connectivity index (χ0n) is 31.1. The lowest BCUT2D eigenvalue weighted by molar-refractivity contribution is 0.660. The summed E-state index contributed by atoms with van der Waals surface area (Å²) < 4.78 is 2.40. The second kappa shape index (κ2) is 12.4. The number of benzene rings is 6. The first-order chi connectivity index (χ1) is 27.5. The molecule has 0 atom stereocenters. The van der Waals surface area contributed by atoms with Crippen LogP contribution >= 0.6 is 0 Å². The van der Waals surface area contributed by atoms with Gasteiger partial charge >= 0.3 is 0 Å². The third kappa shape index (κ3) is 5.10. The Morgan fingerprint density at radius 3 is 2.02 bits per heavy atom. The third-order valence-corrected chi connectivity index (χ3v) is 11.7. The van der Waals surface area contributed by atoms with Gasteiger partial charge in [0.1, 0.15) is 0 Å². The standard InChI is InChI=1S/C52H36N4/c1-52(2)45-12-6-5-11-41(45)42-22-21-40(31-46(42)52)56-50-23-20-37(28-43(50)44-32-53-26-24-51(44)56)34-14-16-35(17-15-34)39-29-48(55-49(30-39)47-13-7-8-25-54-47)38-19-18-33-9-3-4-10-36(33)27-38/h3-32H,1-2H3. The van der Waals surface area contributed by atoms with Crippen LogP contribution in [0.15, 0.2) is 182 Å². The van der Waals surface area contributed by atoms with Crippen molar-refractivity contribution in [1.29, 1.82) is 0 Å². The van der Waals surface area contributed by atoms with Crippen LogP contribution < -0.4 is 0 Å². The van der Waals surface area contributed by atoms with Gasteiger partial charge in [0, 0.05) is 46.0 Å². The Hall–Kier alpha value is -7.17. The highest BCUT2D eigenvalue weighted by atomic mass is 15.0. The fourth-order valence-corrected chi connectivity index (χ4v) is 8.85. The molecule has 1 aliphatic rings. The number of fused-ring (bicyclic) bond motifs is 7. The van der Waals surface area contributed by atoms with Crippen molar-refractivity contribution in [2.45, 2.75) is 19.3 Å². The second-order valence-corrected chi connectivity index (χ2v) is 15.3. The summed E-state index contributed by atoms with van der Waals surface area (Å²) >= 11 is 0. The summed E-state index contributed by atoms with van der Waals surface area (Å²) in [5.74, 6) is 0. The Morgan fingerprint density at radius 2 is 1.16 bits per heavy atom. The quantitative estimate of drug-likeness (QED) is 0.178. The molecular weight excluding hydrogens is 681 g/mol. The molecule has 0 bridgehead atoms. The highest BCUT2D eigenvalue weighted by molar-refractivity contribution is 6.10. The lowest BCUT2D eigenvalue weighted by Gasteiger charge is -2.22. The summed E-state index contributed by atoms with van der Waals surface area (Å²) in [6.45, 7) is 4.68. The van der Waals surface area contributed by atoms with E-state index < -0.39 is 0 Å². The fraction of sp³-hybridized carbons (Fsp3) is 0.0577. The van der Waals surface area contributed by atoms with E-state index in [1.54, 1.807) is 0 Å². The van der Waals surface area contributed by atoms with Crippen LogP contribution in [0.3, 0.4) is 0 Å². The van der Waals surface area contributed by atoms with Gasteiger partial charge in [0.2, 0.25) is 0 Å². The fourth-order valence-electron chi connectivity index (χ4n) is 8.85. The third-order valence-electron chi connectivity index (χ3n) is 11.7. The Balaban J connectivity index is 0.985. The van der Waals surface area contributed by atoms with Crippen LogP contribution in [0.4, 0.5) is 0 Å². The van der Waals surface area contributed by atoms with E-state index in [4.69, 9.17) is 4.98 Å². The van der Waals surface area contributed by atoms with Gasteiger partial charge in [0.05, 0.1) is 28.1 Å². The summed E-state index contributed by atoms with van der Waals surface area (Å²) in [7, 11) is 0. The van der Waals surface area contributed by atoms with Gasteiger partial charge in [-0.3, -0.25) is 9.97 Å². The highest BCUT2D eigenvalue weighted by Gasteiger charge is 2.35. The van der Waals surface area contributed by atoms with Crippen LogP contribution in [-0.4, -0.2) is 19.5 Å². The zero-order chi connectivity index (χ0) is 37.4. The lowest BCUT2D eigenvalue weighted by Crippen LogP contribution is -2.15. The summed E-state index contributed by atoms with van der Waals surface area (Å²) in [6, 6.07) is 59.0. The number of hydrogen-bond donors (Lipinski definition) is 0. The molecule has 6 aromatic carbocycles. The molecule has 0 radical (unpaired) electrons. The molecule has 11 rings (SSSR count). The molecule has 0 fully saturated rings. The predicted molar refractivity (Wildman–Crippen MR) is 231 cm³/mol. The largest absolute Gasteiger partial charge is 0.309 e. The molecule has 0 aliphatic heterocycles. The van der Waals surface area contributed by atoms with E-state index in [2.05, 4.69) is 174 Å². The van der Waals surface area contributed by atoms with Gasteiger partial charge in [-0.2, -0.15) is 0 Å². The minimum atomic E-state index is -0.0736. The maximum Gasteiger partial charge on any atom is 0.0899 e. The summed E-state index contributed by atoms with van der Waals surface area (Å²) in [4.78, 5) is 14.3. The molecule has 1 aliphatic carbocycles. The first-order valence-electron chi connectivity index (χ1n) is 19.2. The number of aromatic nitrogens is 4. The molecule has 4 aromatic heterocycles. The summed E-state index contributed by atoms with van der Waals surface area (Å²) in [5.41, 5.74) is 17.1. The van der Waals surface area contributed by atoms with Gasteiger partial charge in [-0.1, -0.05) is 117 Å². The summed E-state index contributed by atoms with van der Waals surface area (Å²) in [6.07, 6.45) is 5.72. The monoisotopic (exact) mass is 716 g/mol. The molecule has 0 spiro atoms. The van der Waals surface area contributed by atoms with Crippen LogP contribution in [0.5, 0.6) is 0 Å². The first kappa shape index (κ1) is 32.3. The molecule has 0 amide bonds. The van der Waals surface area contributed by atoms with Crippen molar-refractivity contribution >= 4 is 32.6 Å². The van der Waals surface area contributed by atoms with Gasteiger partial charge in [-0.05, 0) is 116 Å². The average Bonchev–Trinajstić information content (AvgIpc) is 3.71. The molecule has 0 saturated heterocycles. The average molecular weight is 717 g/mol. The number of pyridine rings is 3. The predicted octanol–water partition coefficient (Wildman–Crippen LogP) is 13.1. The zero-order valence-corrected chi connectivity index (χ0v) is 31.1. The summed E-state index contributed by atoms with van der Waals surface area (Å²) in [5, 5.41) is 4.74. The number of hydrogen-bond acceptors (Lipinski definition) is 3. The van der Waals surface area contributed by atoms with Gasteiger partial charge < -0.3 is 4.57 Å². The van der Waals surface area contributed by atoms with Crippen LogP contribution in [-0.2, 0) is 5.41 Å². The van der Waals surface area contributed by atoms with Gasteiger partial charge in [-0.25, -0.2) is 4.98 Å². The Labute approximate surface area is 325 Å². The second-order valence-electron chi connectivity index (χ2n) is 15.3. The molecule has 4 heteroatoms. The van der Waals surface area contributed by atoms with Gasteiger partial charge in [0.25, 0.3) is 0 Å². The van der Waals surface area contributed by atoms with Crippen molar-refractivity contribution in [1.82, 2.24) is 19.5 Å². The molecule has 0 unspecified atom stereocenters. The Kier molecular flexibility index (Phi) is 7.17. The molecule has 56 heavy (non-hydrogen) atoms. The van der Waals surface area contributed by atoms with Crippen LogP contribution in [0.25, 0.3) is 94.3 Å². The van der Waals surface area contributed by atoms with E-state index in [9.17, 15) is 0 Å². The SMILES string of the molecule is CC1(C)c2ccccc2-c2ccc(-n3c4ccncc4c4cc(-c5ccc(-c6cc(-c7ccc8ccccc8c7)nc(-c7ccccn7)c6)cc5)ccc43)cc21. The Morgan fingerprint density at radius 1 is 0.446 bits per heavy atom. The maximum atomic E-state index is 5.11. The number of rotatable bonds is 5. The molecule has 10 aromatic rings. The van der Waals surface area contributed by atoms with E-state index >= 15 is 0 Å². The van der Waals surface area contributed by atoms with Crippen molar-refractivity contribution in [2.75, 3.05) is 0 Å². The van der Waals surface area contributed by atoms with Gasteiger partial charge in [-0.15, -0.1) is 0 Å². The molecule has 0 saturated carbocycles. The van der Waals surface area contributed by atoms with Crippen LogP contribution in [0.2, 0.25) is 0 Å². The van der Waals surface area contributed by atoms with Crippen molar-refractivity contribution in [3.8, 4) is 61.7 Å². The van der Waals surface area contributed by atoms with Crippen molar-refractivity contribution in [3.05, 3.63) is 194 Å². The highest BCUT2D eigenvalue weighted by Crippen LogP contribution is 2.49. The van der Waals surface area contributed by atoms with E-state index in [1.807, 2.05) is 36.8 Å². The topological polar surface area (TPSA) is 43.6 Å². The normalized spacial score (nSPS) is 13.0. The Bertz CT molecular complexity index is 3160.